The first-order chi connectivity index (χ1) is 11.6. The molecular formula is C18H18FN3O2. The molecule has 2 rings (SSSR count). The summed E-state index contributed by atoms with van der Waals surface area (Å²) < 4.78 is 13.7. The first-order valence-electron chi connectivity index (χ1n) is 7.50. The van der Waals surface area contributed by atoms with E-state index in [-0.39, 0.29) is 25.3 Å². The predicted molar refractivity (Wildman–Crippen MR) is 87.3 cm³/mol. The molecule has 0 radical (unpaired) electrons. The van der Waals surface area contributed by atoms with E-state index in [1.807, 2.05) is 36.4 Å². The number of amides is 2. The molecule has 2 aromatic carbocycles. The third-order valence-electron chi connectivity index (χ3n) is 3.48. The number of carbonyl (C=O) groups excluding carboxylic acids is 1. The summed E-state index contributed by atoms with van der Waals surface area (Å²) in [5, 5.41) is 20.6. The smallest absolute Gasteiger partial charge is 0.318 e. The van der Waals surface area contributed by atoms with Crippen molar-refractivity contribution < 1.29 is 14.3 Å². The van der Waals surface area contributed by atoms with Gasteiger partial charge in [0.15, 0.2) is 0 Å². The number of rotatable bonds is 6. The van der Waals surface area contributed by atoms with Crippen LogP contribution in [0.3, 0.4) is 0 Å². The van der Waals surface area contributed by atoms with E-state index in [0.29, 0.717) is 12.1 Å². The molecule has 0 bridgehead atoms. The number of hydrogen-bond donors (Lipinski definition) is 2. The minimum absolute atomic E-state index is 0.0308. The van der Waals surface area contributed by atoms with Crippen molar-refractivity contribution in [2.75, 3.05) is 13.2 Å². The highest BCUT2D eigenvalue weighted by Gasteiger charge is 2.14. The molecule has 0 saturated heterocycles. The Labute approximate surface area is 140 Å². The fourth-order valence-electron chi connectivity index (χ4n) is 2.24. The molecule has 0 aromatic heterocycles. The molecule has 24 heavy (non-hydrogen) atoms. The van der Waals surface area contributed by atoms with Crippen LogP contribution in [0.2, 0.25) is 0 Å². The summed E-state index contributed by atoms with van der Waals surface area (Å²) in [4.78, 5) is 13.7. The van der Waals surface area contributed by atoms with Crippen LogP contribution in [0.4, 0.5) is 9.18 Å². The zero-order chi connectivity index (χ0) is 17.4. The van der Waals surface area contributed by atoms with E-state index >= 15 is 0 Å². The Balaban J connectivity index is 2.02. The molecule has 0 aliphatic heterocycles. The molecule has 0 heterocycles. The van der Waals surface area contributed by atoms with Gasteiger partial charge in [0.1, 0.15) is 5.82 Å². The number of aliphatic hydroxyl groups is 1. The molecule has 2 aromatic rings. The van der Waals surface area contributed by atoms with Crippen molar-refractivity contribution >= 4 is 6.03 Å². The summed E-state index contributed by atoms with van der Waals surface area (Å²) in [5.74, 6) is -0.480. The first-order valence-corrected chi connectivity index (χ1v) is 7.50. The van der Waals surface area contributed by atoms with Crippen LogP contribution >= 0.6 is 0 Å². The molecule has 124 valence electrons. The topological polar surface area (TPSA) is 76.4 Å². The van der Waals surface area contributed by atoms with Crippen molar-refractivity contribution in [3.63, 3.8) is 0 Å². The van der Waals surface area contributed by atoms with Gasteiger partial charge in [0, 0.05) is 25.2 Å². The van der Waals surface area contributed by atoms with Crippen LogP contribution in [-0.2, 0) is 13.1 Å². The Hall–Kier alpha value is -2.91. The molecule has 0 aliphatic rings. The van der Waals surface area contributed by atoms with E-state index in [9.17, 15) is 9.18 Å². The summed E-state index contributed by atoms with van der Waals surface area (Å²) in [6.07, 6.45) is 0. The Kier molecular flexibility index (Phi) is 6.29. The predicted octanol–water partition coefficient (Wildman–Crippen LogP) is 2.40. The summed E-state index contributed by atoms with van der Waals surface area (Å²) in [5.41, 5.74) is 1.50. The van der Waals surface area contributed by atoms with Gasteiger partial charge in [-0.05, 0) is 23.8 Å². The van der Waals surface area contributed by atoms with E-state index in [4.69, 9.17) is 10.4 Å². The molecule has 0 unspecified atom stereocenters. The van der Waals surface area contributed by atoms with Crippen LogP contribution < -0.4 is 5.32 Å². The number of aliphatic hydroxyl groups excluding tert-OH is 1. The van der Waals surface area contributed by atoms with Gasteiger partial charge in [0.05, 0.1) is 18.2 Å². The Morgan fingerprint density at radius 2 is 2.00 bits per heavy atom. The molecule has 6 heteroatoms. The van der Waals surface area contributed by atoms with Crippen LogP contribution in [-0.4, -0.2) is 29.2 Å². The van der Waals surface area contributed by atoms with E-state index in [1.54, 1.807) is 0 Å². The van der Waals surface area contributed by atoms with Crippen molar-refractivity contribution in [3.05, 3.63) is 71.0 Å². The second kappa shape index (κ2) is 8.65. The van der Waals surface area contributed by atoms with Gasteiger partial charge >= 0.3 is 6.03 Å². The summed E-state index contributed by atoms with van der Waals surface area (Å²) in [6, 6.07) is 14.9. The lowest BCUT2D eigenvalue weighted by Gasteiger charge is -2.22. The fraction of sp³-hybridized carbons (Fsp3) is 0.222. The van der Waals surface area contributed by atoms with Gasteiger partial charge in [-0.15, -0.1) is 0 Å². The molecule has 0 aliphatic carbocycles. The van der Waals surface area contributed by atoms with Crippen LogP contribution in [0, 0.1) is 17.1 Å². The van der Waals surface area contributed by atoms with Crippen LogP contribution in [0.1, 0.15) is 16.7 Å². The first kappa shape index (κ1) is 17.4. The van der Waals surface area contributed by atoms with E-state index in [1.165, 1.54) is 23.1 Å². The average molecular weight is 327 g/mol. The van der Waals surface area contributed by atoms with Crippen molar-refractivity contribution in [1.29, 1.82) is 5.26 Å². The van der Waals surface area contributed by atoms with Gasteiger partial charge < -0.3 is 15.3 Å². The normalized spacial score (nSPS) is 10.0. The lowest BCUT2D eigenvalue weighted by Crippen LogP contribution is -2.40. The quantitative estimate of drug-likeness (QED) is 0.855. The highest BCUT2D eigenvalue weighted by atomic mass is 19.1. The average Bonchev–Trinajstić information content (AvgIpc) is 2.61. The van der Waals surface area contributed by atoms with E-state index < -0.39 is 11.8 Å². The summed E-state index contributed by atoms with van der Waals surface area (Å²) in [6.45, 7) is 0.310. The number of nitriles is 1. The standard InChI is InChI=1S/C18H18FN3O2/c19-17-7-6-15(11-20)10-16(17)12-21-18(24)22(8-9-23)13-14-4-2-1-3-5-14/h1-7,10,23H,8-9,12-13H2,(H,21,24). The van der Waals surface area contributed by atoms with Crippen molar-refractivity contribution in [3.8, 4) is 6.07 Å². The maximum atomic E-state index is 13.7. The fourth-order valence-corrected chi connectivity index (χ4v) is 2.24. The Morgan fingerprint density at radius 1 is 1.25 bits per heavy atom. The highest BCUT2D eigenvalue weighted by molar-refractivity contribution is 5.74. The molecule has 0 atom stereocenters. The van der Waals surface area contributed by atoms with Gasteiger partial charge in [0.2, 0.25) is 0 Å². The Bertz CT molecular complexity index is 729. The highest BCUT2D eigenvalue weighted by Crippen LogP contribution is 2.10. The van der Waals surface area contributed by atoms with Crippen LogP contribution in [0.15, 0.2) is 48.5 Å². The molecule has 5 nitrogen and oxygen atoms in total. The van der Waals surface area contributed by atoms with Gasteiger partial charge in [-0.25, -0.2) is 9.18 Å². The maximum absolute atomic E-state index is 13.7. The Morgan fingerprint density at radius 3 is 2.67 bits per heavy atom. The van der Waals surface area contributed by atoms with E-state index in [2.05, 4.69) is 5.32 Å². The number of nitrogens with one attached hydrogen (secondary N) is 1. The lowest BCUT2D eigenvalue weighted by atomic mass is 10.1. The zero-order valence-electron chi connectivity index (χ0n) is 13.1. The lowest BCUT2D eigenvalue weighted by molar-refractivity contribution is 0.173. The number of halogens is 1. The number of hydrogen-bond acceptors (Lipinski definition) is 3. The van der Waals surface area contributed by atoms with Crippen molar-refractivity contribution in [1.82, 2.24) is 10.2 Å². The molecule has 0 spiro atoms. The third-order valence-corrected chi connectivity index (χ3v) is 3.48. The minimum Gasteiger partial charge on any atom is -0.395 e. The van der Waals surface area contributed by atoms with Gasteiger partial charge in [-0.2, -0.15) is 5.26 Å². The van der Waals surface area contributed by atoms with Crippen LogP contribution in [0.5, 0.6) is 0 Å². The van der Waals surface area contributed by atoms with Gasteiger partial charge in [-0.1, -0.05) is 30.3 Å². The summed E-state index contributed by atoms with van der Waals surface area (Å²) >= 11 is 0. The largest absolute Gasteiger partial charge is 0.395 e. The van der Waals surface area contributed by atoms with Crippen molar-refractivity contribution in [2.45, 2.75) is 13.1 Å². The number of nitrogens with zero attached hydrogens (tertiary/aromatic N) is 2. The zero-order valence-corrected chi connectivity index (χ0v) is 13.1. The molecule has 0 saturated carbocycles. The molecule has 2 amide bonds. The number of benzene rings is 2. The maximum Gasteiger partial charge on any atom is 0.318 e. The van der Waals surface area contributed by atoms with Gasteiger partial charge in [-0.3, -0.25) is 0 Å². The monoisotopic (exact) mass is 327 g/mol. The second-order valence-electron chi connectivity index (χ2n) is 5.21. The molecule has 0 fully saturated rings. The summed E-state index contributed by atoms with van der Waals surface area (Å²) in [7, 11) is 0. The van der Waals surface area contributed by atoms with Gasteiger partial charge in [0.25, 0.3) is 0 Å². The second-order valence-corrected chi connectivity index (χ2v) is 5.21. The number of carbonyl (C=O) groups is 1. The SMILES string of the molecule is N#Cc1ccc(F)c(CNC(=O)N(CCO)Cc2ccccc2)c1. The van der Waals surface area contributed by atoms with Crippen molar-refractivity contribution in [2.24, 2.45) is 0 Å². The molecule has 2 N–H and O–H groups in total. The third kappa shape index (κ3) is 4.80. The van der Waals surface area contributed by atoms with E-state index in [0.717, 1.165) is 5.56 Å². The minimum atomic E-state index is -0.480. The van der Waals surface area contributed by atoms with Crippen LogP contribution in [0.25, 0.3) is 0 Å². The number of urea groups is 1. The molecular weight excluding hydrogens is 309 g/mol.